The first-order chi connectivity index (χ1) is 9.29. The summed E-state index contributed by atoms with van der Waals surface area (Å²) in [5.41, 5.74) is 2.24. The molecular weight excluding hydrogens is 302 g/mol. The van der Waals surface area contributed by atoms with Gasteiger partial charge in [-0.3, -0.25) is 4.79 Å². The molecule has 0 aromatic heterocycles. The summed E-state index contributed by atoms with van der Waals surface area (Å²) >= 11 is 3.44. The molecule has 2 aliphatic rings. The zero-order valence-electron chi connectivity index (χ0n) is 11.1. The van der Waals surface area contributed by atoms with Gasteiger partial charge in [-0.15, -0.1) is 0 Å². The van der Waals surface area contributed by atoms with E-state index >= 15 is 0 Å². The number of hydrogen-bond donors (Lipinski definition) is 1. The molecule has 2 unspecified atom stereocenters. The normalized spacial score (nSPS) is 28.6. The van der Waals surface area contributed by atoms with Gasteiger partial charge in [-0.1, -0.05) is 40.9 Å². The standard InChI is InChI=1S/C16H20BrNO/c17-10-9-11-5-7-12(8-6-11)18-16(19)15-13-3-1-2-4-14(13)15/h5-8,13-15H,1-4,9-10H2,(H,18,19). The molecule has 0 radical (unpaired) electrons. The van der Waals surface area contributed by atoms with Crippen molar-refractivity contribution in [1.82, 2.24) is 0 Å². The van der Waals surface area contributed by atoms with Crippen molar-refractivity contribution < 1.29 is 4.79 Å². The van der Waals surface area contributed by atoms with Gasteiger partial charge in [-0.05, 0) is 48.8 Å². The highest BCUT2D eigenvalue weighted by molar-refractivity contribution is 9.09. The summed E-state index contributed by atoms with van der Waals surface area (Å²) in [4.78, 5) is 12.2. The smallest absolute Gasteiger partial charge is 0.228 e. The second-order valence-electron chi connectivity index (χ2n) is 5.76. The second kappa shape index (κ2) is 5.66. The number of carbonyl (C=O) groups excluding carboxylic acids is 1. The molecule has 0 bridgehead atoms. The van der Waals surface area contributed by atoms with Crippen molar-refractivity contribution in [3.8, 4) is 0 Å². The average Bonchev–Trinajstić information content (AvgIpc) is 3.15. The molecule has 3 heteroatoms. The summed E-state index contributed by atoms with van der Waals surface area (Å²) in [5, 5.41) is 4.06. The number of amides is 1. The van der Waals surface area contributed by atoms with Crippen molar-refractivity contribution in [2.24, 2.45) is 17.8 Å². The van der Waals surface area contributed by atoms with Crippen molar-refractivity contribution in [1.29, 1.82) is 0 Å². The van der Waals surface area contributed by atoms with Crippen LogP contribution in [0.15, 0.2) is 24.3 Å². The van der Waals surface area contributed by atoms with E-state index in [1.807, 2.05) is 12.1 Å². The number of aryl methyl sites for hydroxylation is 1. The quantitative estimate of drug-likeness (QED) is 0.834. The molecule has 19 heavy (non-hydrogen) atoms. The number of rotatable bonds is 4. The molecule has 1 aromatic rings. The van der Waals surface area contributed by atoms with Crippen LogP contribution in [0.25, 0.3) is 0 Å². The van der Waals surface area contributed by atoms with Crippen LogP contribution in [0.3, 0.4) is 0 Å². The lowest BCUT2D eigenvalue weighted by atomic mass is 10.0. The first-order valence-electron chi connectivity index (χ1n) is 7.25. The number of fused-ring (bicyclic) bond motifs is 1. The van der Waals surface area contributed by atoms with Gasteiger partial charge < -0.3 is 5.32 Å². The van der Waals surface area contributed by atoms with Gasteiger partial charge >= 0.3 is 0 Å². The van der Waals surface area contributed by atoms with Crippen molar-refractivity contribution in [2.45, 2.75) is 32.1 Å². The molecule has 1 aromatic carbocycles. The molecule has 3 rings (SSSR count). The van der Waals surface area contributed by atoms with E-state index in [9.17, 15) is 4.79 Å². The summed E-state index contributed by atoms with van der Waals surface area (Å²) in [6.07, 6.45) is 6.17. The van der Waals surface area contributed by atoms with Crippen molar-refractivity contribution >= 4 is 27.5 Å². The van der Waals surface area contributed by atoms with Crippen LogP contribution in [-0.4, -0.2) is 11.2 Å². The Balaban J connectivity index is 1.57. The van der Waals surface area contributed by atoms with Crippen LogP contribution in [0.5, 0.6) is 0 Å². The van der Waals surface area contributed by atoms with Crippen molar-refractivity contribution in [3.05, 3.63) is 29.8 Å². The Morgan fingerprint density at radius 2 is 1.79 bits per heavy atom. The minimum absolute atomic E-state index is 0.241. The van der Waals surface area contributed by atoms with E-state index in [0.717, 1.165) is 17.4 Å². The van der Waals surface area contributed by atoms with E-state index < -0.39 is 0 Å². The number of alkyl halides is 1. The Hall–Kier alpha value is -0.830. The van der Waals surface area contributed by atoms with E-state index in [1.165, 1.54) is 31.2 Å². The highest BCUT2D eigenvalue weighted by Crippen LogP contribution is 2.55. The zero-order valence-corrected chi connectivity index (χ0v) is 12.7. The third kappa shape index (κ3) is 2.86. The van der Waals surface area contributed by atoms with Gasteiger partial charge in [0.25, 0.3) is 0 Å². The Labute approximate surface area is 123 Å². The lowest BCUT2D eigenvalue weighted by Crippen LogP contribution is -2.15. The van der Waals surface area contributed by atoms with E-state index in [0.29, 0.717) is 17.8 Å². The van der Waals surface area contributed by atoms with E-state index in [1.54, 1.807) is 0 Å². The van der Waals surface area contributed by atoms with Crippen LogP contribution in [0.2, 0.25) is 0 Å². The van der Waals surface area contributed by atoms with Gasteiger partial charge in [0.2, 0.25) is 5.91 Å². The van der Waals surface area contributed by atoms with Crippen LogP contribution in [0.4, 0.5) is 5.69 Å². The summed E-state index contributed by atoms with van der Waals surface area (Å²) in [7, 11) is 0. The molecular formula is C16H20BrNO. The summed E-state index contributed by atoms with van der Waals surface area (Å²) < 4.78 is 0. The Morgan fingerprint density at radius 1 is 1.16 bits per heavy atom. The molecule has 2 aliphatic carbocycles. The minimum Gasteiger partial charge on any atom is -0.326 e. The maximum atomic E-state index is 12.2. The zero-order chi connectivity index (χ0) is 13.2. The summed E-state index contributed by atoms with van der Waals surface area (Å²) in [6.45, 7) is 0. The fraction of sp³-hybridized carbons (Fsp3) is 0.562. The van der Waals surface area contributed by atoms with Crippen molar-refractivity contribution in [2.75, 3.05) is 10.6 Å². The van der Waals surface area contributed by atoms with Gasteiger partial charge in [-0.2, -0.15) is 0 Å². The van der Waals surface area contributed by atoms with Gasteiger partial charge in [0, 0.05) is 16.9 Å². The fourth-order valence-corrected chi connectivity index (χ4v) is 3.93. The summed E-state index contributed by atoms with van der Waals surface area (Å²) in [6, 6.07) is 8.22. The van der Waals surface area contributed by atoms with Gasteiger partial charge in [-0.25, -0.2) is 0 Å². The molecule has 1 amide bonds. The van der Waals surface area contributed by atoms with Crippen LogP contribution in [-0.2, 0) is 11.2 Å². The van der Waals surface area contributed by atoms with Crippen LogP contribution in [0, 0.1) is 17.8 Å². The first-order valence-corrected chi connectivity index (χ1v) is 8.37. The lowest BCUT2D eigenvalue weighted by molar-refractivity contribution is -0.117. The average molecular weight is 322 g/mol. The third-order valence-electron chi connectivity index (χ3n) is 4.56. The largest absolute Gasteiger partial charge is 0.326 e. The number of nitrogens with one attached hydrogen (secondary N) is 1. The van der Waals surface area contributed by atoms with E-state index in [-0.39, 0.29) is 5.91 Å². The van der Waals surface area contributed by atoms with Gasteiger partial charge in [0.1, 0.15) is 0 Å². The molecule has 0 saturated heterocycles. The third-order valence-corrected chi connectivity index (χ3v) is 4.96. The molecule has 0 aliphatic heterocycles. The fourth-order valence-electron chi connectivity index (χ4n) is 3.47. The van der Waals surface area contributed by atoms with Crippen LogP contribution < -0.4 is 5.32 Å². The molecule has 102 valence electrons. The molecule has 2 atom stereocenters. The van der Waals surface area contributed by atoms with E-state index in [4.69, 9.17) is 0 Å². The Morgan fingerprint density at radius 3 is 2.37 bits per heavy atom. The highest BCUT2D eigenvalue weighted by atomic mass is 79.9. The number of benzene rings is 1. The number of anilines is 1. The van der Waals surface area contributed by atoms with E-state index in [2.05, 4.69) is 33.4 Å². The van der Waals surface area contributed by atoms with Crippen molar-refractivity contribution in [3.63, 3.8) is 0 Å². The maximum Gasteiger partial charge on any atom is 0.228 e. The Kier molecular flexibility index (Phi) is 3.92. The molecule has 2 saturated carbocycles. The number of carbonyl (C=O) groups is 1. The predicted octanol–water partition coefficient (Wildman–Crippen LogP) is 4.00. The first kappa shape index (κ1) is 13.2. The lowest BCUT2D eigenvalue weighted by Gasteiger charge is -2.06. The minimum atomic E-state index is 0.241. The molecule has 2 fully saturated rings. The molecule has 2 nitrogen and oxygen atoms in total. The SMILES string of the molecule is O=C(Nc1ccc(CCBr)cc1)C1C2CCCCC21. The Bertz CT molecular complexity index is 444. The summed E-state index contributed by atoms with van der Waals surface area (Å²) in [5.74, 6) is 1.90. The maximum absolute atomic E-state index is 12.2. The molecule has 0 spiro atoms. The van der Waals surface area contributed by atoms with Crippen LogP contribution in [0.1, 0.15) is 31.2 Å². The predicted molar refractivity (Wildman–Crippen MR) is 81.5 cm³/mol. The topological polar surface area (TPSA) is 29.1 Å². The van der Waals surface area contributed by atoms with Gasteiger partial charge in [0.15, 0.2) is 0 Å². The van der Waals surface area contributed by atoms with Crippen LogP contribution >= 0.6 is 15.9 Å². The molecule has 0 heterocycles. The van der Waals surface area contributed by atoms with Gasteiger partial charge in [0.05, 0.1) is 0 Å². The monoisotopic (exact) mass is 321 g/mol. The number of hydrogen-bond acceptors (Lipinski definition) is 1. The molecule has 1 N–H and O–H groups in total. The number of halogens is 1. The highest BCUT2D eigenvalue weighted by Gasteiger charge is 2.54. The second-order valence-corrected chi connectivity index (χ2v) is 6.56.